The van der Waals surface area contributed by atoms with E-state index in [9.17, 15) is 0 Å². The van der Waals surface area contributed by atoms with Crippen molar-refractivity contribution >= 4 is 5.96 Å². The molecule has 1 aromatic carbocycles. The highest BCUT2D eigenvalue weighted by atomic mass is 16.5. The van der Waals surface area contributed by atoms with Crippen LogP contribution in [0.15, 0.2) is 23.2 Å². The number of likely N-dealkylation sites (tertiary alicyclic amines) is 1. The zero-order chi connectivity index (χ0) is 18.6. The number of unbranched alkanes of at least 4 members (excludes halogenated alkanes) is 1. The van der Waals surface area contributed by atoms with Gasteiger partial charge in [-0.05, 0) is 69.4 Å². The number of nitrogens with zero attached hydrogens (tertiary/aromatic N) is 2. The molecule has 146 valence electrons. The molecule has 1 saturated heterocycles. The molecule has 1 aliphatic heterocycles. The largest absolute Gasteiger partial charge is 0.493 e. The molecule has 0 aromatic heterocycles. The van der Waals surface area contributed by atoms with Gasteiger partial charge >= 0.3 is 0 Å². The van der Waals surface area contributed by atoms with Gasteiger partial charge in [-0.25, -0.2) is 0 Å². The Morgan fingerprint density at radius 3 is 2.46 bits per heavy atom. The Balaban J connectivity index is 1.62. The molecule has 2 rings (SSSR count). The first-order valence-electron chi connectivity index (χ1n) is 9.64. The molecule has 0 amide bonds. The number of hydrogen-bond donors (Lipinski definition) is 2. The van der Waals surface area contributed by atoms with Crippen LogP contribution < -0.4 is 20.1 Å². The van der Waals surface area contributed by atoms with Crippen molar-refractivity contribution in [2.45, 2.75) is 32.1 Å². The lowest BCUT2D eigenvalue weighted by Gasteiger charge is -2.15. The molecular weight excluding hydrogens is 328 g/mol. The van der Waals surface area contributed by atoms with Crippen LogP contribution in [0.4, 0.5) is 0 Å². The number of guanidine groups is 1. The second-order valence-corrected chi connectivity index (χ2v) is 6.62. The van der Waals surface area contributed by atoms with Crippen LogP contribution in [0.3, 0.4) is 0 Å². The molecule has 0 radical (unpaired) electrons. The fraction of sp³-hybridized carbons (Fsp3) is 0.650. The third kappa shape index (κ3) is 6.75. The van der Waals surface area contributed by atoms with E-state index in [0.717, 1.165) is 37.0 Å². The summed E-state index contributed by atoms with van der Waals surface area (Å²) >= 11 is 0. The average molecular weight is 363 g/mol. The van der Waals surface area contributed by atoms with Crippen molar-refractivity contribution in [3.05, 3.63) is 23.8 Å². The van der Waals surface area contributed by atoms with Gasteiger partial charge in [-0.3, -0.25) is 4.99 Å². The third-order valence-electron chi connectivity index (χ3n) is 4.77. The van der Waals surface area contributed by atoms with E-state index in [1.165, 1.54) is 50.9 Å². The second kappa shape index (κ2) is 11.6. The van der Waals surface area contributed by atoms with Gasteiger partial charge in [0, 0.05) is 20.1 Å². The summed E-state index contributed by atoms with van der Waals surface area (Å²) in [5, 5.41) is 6.77. The van der Waals surface area contributed by atoms with E-state index in [-0.39, 0.29) is 0 Å². The van der Waals surface area contributed by atoms with Gasteiger partial charge in [-0.15, -0.1) is 0 Å². The Bertz CT molecular complexity index is 557. The average Bonchev–Trinajstić information content (AvgIpc) is 3.19. The maximum absolute atomic E-state index is 5.35. The zero-order valence-electron chi connectivity index (χ0n) is 16.5. The molecule has 0 saturated carbocycles. The van der Waals surface area contributed by atoms with E-state index in [0.29, 0.717) is 0 Å². The van der Waals surface area contributed by atoms with Gasteiger partial charge in [-0.2, -0.15) is 0 Å². The highest BCUT2D eigenvalue weighted by molar-refractivity contribution is 5.79. The van der Waals surface area contributed by atoms with E-state index in [1.54, 1.807) is 14.2 Å². The molecule has 6 heteroatoms. The van der Waals surface area contributed by atoms with Gasteiger partial charge in [0.25, 0.3) is 0 Å². The number of nitrogens with one attached hydrogen (secondary N) is 2. The predicted molar refractivity (Wildman–Crippen MR) is 108 cm³/mol. The quantitative estimate of drug-likeness (QED) is 0.380. The van der Waals surface area contributed by atoms with Gasteiger partial charge in [-0.1, -0.05) is 6.07 Å². The normalized spacial score (nSPS) is 15.1. The third-order valence-corrected chi connectivity index (χ3v) is 4.77. The van der Waals surface area contributed by atoms with Crippen molar-refractivity contribution in [1.29, 1.82) is 0 Å². The maximum atomic E-state index is 5.35. The molecule has 1 aromatic rings. The number of ether oxygens (including phenoxy) is 2. The minimum absolute atomic E-state index is 0.760. The fourth-order valence-electron chi connectivity index (χ4n) is 3.26. The first-order valence-corrected chi connectivity index (χ1v) is 9.64. The molecule has 26 heavy (non-hydrogen) atoms. The van der Waals surface area contributed by atoms with E-state index in [1.807, 2.05) is 19.2 Å². The van der Waals surface area contributed by atoms with Crippen LogP contribution in [0, 0.1) is 0 Å². The van der Waals surface area contributed by atoms with Gasteiger partial charge in [0.15, 0.2) is 17.5 Å². The summed E-state index contributed by atoms with van der Waals surface area (Å²) in [7, 11) is 5.13. The topological polar surface area (TPSA) is 58.1 Å². The van der Waals surface area contributed by atoms with Crippen molar-refractivity contribution in [2.75, 3.05) is 54.0 Å². The Kier molecular flexibility index (Phi) is 9.10. The molecule has 0 spiro atoms. The van der Waals surface area contributed by atoms with Crippen LogP contribution in [0.5, 0.6) is 11.5 Å². The lowest BCUT2D eigenvalue weighted by Crippen LogP contribution is -2.38. The van der Waals surface area contributed by atoms with Crippen molar-refractivity contribution in [3.8, 4) is 11.5 Å². The summed E-state index contributed by atoms with van der Waals surface area (Å²) in [5.74, 6) is 2.40. The minimum Gasteiger partial charge on any atom is -0.493 e. The van der Waals surface area contributed by atoms with Crippen LogP contribution in [0.2, 0.25) is 0 Å². The summed E-state index contributed by atoms with van der Waals surface area (Å²) in [4.78, 5) is 6.86. The number of aliphatic imine (C=N–C) groups is 1. The highest BCUT2D eigenvalue weighted by Crippen LogP contribution is 2.27. The number of benzene rings is 1. The molecule has 0 aliphatic carbocycles. The Labute approximate surface area is 158 Å². The van der Waals surface area contributed by atoms with Crippen LogP contribution in [0.1, 0.15) is 31.2 Å². The lowest BCUT2D eigenvalue weighted by atomic mass is 10.1. The van der Waals surface area contributed by atoms with Crippen molar-refractivity contribution in [3.63, 3.8) is 0 Å². The van der Waals surface area contributed by atoms with Gasteiger partial charge < -0.3 is 25.0 Å². The molecule has 1 aliphatic rings. The molecule has 0 atom stereocenters. The zero-order valence-corrected chi connectivity index (χ0v) is 16.5. The van der Waals surface area contributed by atoms with Crippen molar-refractivity contribution in [1.82, 2.24) is 15.5 Å². The molecule has 2 N–H and O–H groups in total. The van der Waals surface area contributed by atoms with Crippen LogP contribution in [0.25, 0.3) is 0 Å². The van der Waals surface area contributed by atoms with E-state index >= 15 is 0 Å². The smallest absolute Gasteiger partial charge is 0.190 e. The predicted octanol–water partition coefficient (Wildman–Crippen LogP) is 2.29. The van der Waals surface area contributed by atoms with E-state index in [4.69, 9.17) is 9.47 Å². The summed E-state index contributed by atoms with van der Waals surface area (Å²) < 4.78 is 10.6. The monoisotopic (exact) mass is 362 g/mol. The van der Waals surface area contributed by atoms with Crippen molar-refractivity contribution < 1.29 is 9.47 Å². The number of rotatable bonds is 10. The lowest BCUT2D eigenvalue weighted by molar-refractivity contribution is 0.330. The van der Waals surface area contributed by atoms with Crippen molar-refractivity contribution in [2.24, 2.45) is 4.99 Å². The fourth-order valence-corrected chi connectivity index (χ4v) is 3.26. The summed E-state index contributed by atoms with van der Waals surface area (Å²) in [5.41, 5.74) is 1.20. The Morgan fingerprint density at radius 2 is 1.77 bits per heavy atom. The number of methoxy groups -OCH3 is 2. The molecule has 1 fully saturated rings. The first-order chi connectivity index (χ1) is 12.8. The van der Waals surface area contributed by atoms with Crippen LogP contribution >= 0.6 is 0 Å². The number of hydrogen-bond acceptors (Lipinski definition) is 4. The SMILES string of the molecule is CN=C(NCCCCN1CCCC1)NCCc1ccc(OC)c(OC)c1. The molecule has 6 nitrogen and oxygen atoms in total. The first kappa shape index (κ1) is 20.4. The summed E-state index contributed by atoms with van der Waals surface area (Å²) in [6.07, 6.45) is 6.06. The van der Waals surface area contributed by atoms with Gasteiger partial charge in [0.2, 0.25) is 0 Å². The molecule has 0 unspecified atom stereocenters. The van der Waals surface area contributed by atoms with Gasteiger partial charge in [0.05, 0.1) is 14.2 Å². The molecule has 0 bridgehead atoms. The van der Waals surface area contributed by atoms with E-state index in [2.05, 4.69) is 26.6 Å². The highest BCUT2D eigenvalue weighted by Gasteiger charge is 2.10. The minimum atomic E-state index is 0.760. The summed E-state index contributed by atoms with van der Waals surface area (Å²) in [6, 6.07) is 6.04. The second-order valence-electron chi connectivity index (χ2n) is 6.62. The standard InChI is InChI=1S/C20H34N4O2/c1-21-20(22-11-4-5-13-24-14-6-7-15-24)23-12-10-17-8-9-18(25-2)19(16-17)26-3/h8-9,16H,4-7,10-15H2,1-3H3,(H2,21,22,23). The molecular formula is C20H34N4O2. The maximum Gasteiger partial charge on any atom is 0.190 e. The Hall–Kier alpha value is -1.95. The summed E-state index contributed by atoms with van der Waals surface area (Å²) in [6.45, 7) is 5.58. The molecule has 1 heterocycles. The Morgan fingerprint density at radius 1 is 1.04 bits per heavy atom. The van der Waals surface area contributed by atoms with E-state index < -0.39 is 0 Å². The van der Waals surface area contributed by atoms with Crippen LogP contribution in [-0.4, -0.2) is 64.9 Å². The van der Waals surface area contributed by atoms with Gasteiger partial charge in [0.1, 0.15) is 0 Å². The van der Waals surface area contributed by atoms with Crippen LogP contribution in [-0.2, 0) is 6.42 Å².